The molecule has 0 radical (unpaired) electrons. The first kappa shape index (κ1) is 67.3. The van der Waals surface area contributed by atoms with Crippen molar-refractivity contribution in [3.05, 3.63) is 0 Å². The van der Waals surface area contributed by atoms with E-state index in [2.05, 4.69) is 48.5 Å². The molecule has 6 heterocycles. The zero-order valence-corrected chi connectivity index (χ0v) is 50.8. The summed E-state index contributed by atoms with van der Waals surface area (Å²) in [5, 5.41) is 177. The second-order valence-corrected chi connectivity index (χ2v) is 29.4. The van der Waals surface area contributed by atoms with Crippen LogP contribution >= 0.6 is 0 Å². The van der Waals surface area contributed by atoms with Crippen molar-refractivity contribution in [2.24, 2.45) is 50.2 Å². The first-order chi connectivity index (χ1) is 40.9. The van der Waals surface area contributed by atoms with Crippen LogP contribution in [0.5, 0.6) is 0 Å². The summed E-state index contributed by atoms with van der Waals surface area (Å²) in [5.74, 6) is 0.0614. The van der Waals surface area contributed by atoms with Gasteiger partial charge in [-0.1, -0.05) is 48.5 Å². The molecule has 0 amide bonds. The number of ether oxygens (including phenoxy) is 12. The van der Waals surface area contributed by atoms with Crippen molar-refractivity contribution in [3.8, 4) is 0 Å². The number of aliphatic hydroxyl groups is 16. The molecule has 502 valence electrons. The van der Waals surface area contributed by atoms with Crippen LogP contribution in [0.1, 0.15) is 106 Å². The number of methoxy groups -OCH3 is 1. The van der Waals surface area contributed by atoms with Crippen molar-refractivity contribution in [2.45, 2.75) is 278 Å². The molecular formula is C59H98O28. The Balaban J connectivity index is 0.859. The van der Waals surface area contributed by atoms with Gasteiger partial charge in [-0.05, 0) is 91.3 Å². The number of aliphatic hydroxyl groups excluding tert-OH is 16. The Morgan fingerprint density at radius 2 is 0.989 bits per heavy atom. The highest BCUT2D eigenvalue weighted by atomic mass is 16.8. The molecule has 0 aromatic heterocycles. The Hall–Kier alpha value is -1.12. The molecule has 0 aromatic carbocycles. The molecule has 0 aromatic rings. The number of fused-ring (bicyclic) bond motifs is 4. The predicted octanol–water partition coefficient (Wildman–Crippen LogP) is -4.30. The second kappa shape index (κ2) is 24.3. The Labute approximate surface area is 505 Å². The fourth-order valence-electron chi connectivity index (χ4n) is 19.4. The van der Waals surface area contributed by atoms with E-state index in [9.17, 15) is 81.7 Å². The molecule has 11 aliphatic rings. The molecule has 87 heavy (non-hydrogen) atoms. The van der Waals surface area contributed by atoms with Crippen molar-refractivity contribution in [3.63, 3.8) is 0 Å². The van der Waals surface area contributed by atoms with E-state index in [1.807, 2.05) is 0 Å². The van der Waals surface area contributed by atoms with E-state index in [-0.39, 0.29) is 34.0 Å². The fourth-order valence-corrected chi connectivity index (χ4v) is 19.4. The number of hydrogen-bond donors (Lipinski definition) is 16. The minimum Gasteiger partial charge on any atom is -0.394 e. The summed E-state index contributed by atoms with van der Waals surface area (Å²) in [7, 11) is 1.61. The van der Waals surface area contributed by atoms with E-state index in [1.165, 1.54) is 0 Å². The summed E-state index contributed by atoms with van der Waals surface area (Å²) in [6, 6.07) is 0. The summed E-state index contributed by atoms with van der Waals surface area (Å²) in [6.07, 6.45) is -38.0. The van der Waals surface area contributed by atoms with Gasteiger partial charge < -0.3 is 139 Å². The Bertz CT molecular complexity index is 2370. The maximum Gasteiger partial charge on any atom is 0.187 e. The van der Waals surface area contributed by atoms with Gasteiger partial charge in [0, 0.05) is 18.4 Å². The van der Waals surface area contributed by atoms with E-state index < -0.39 is 221 Å². The largest absolute Gasteiger partial charge is 0.394 e. The summed E-state index contributed by atoms with van der Waals surface area (Å²) >= 11 is 0. The maximum atomic E-state index is 12.6. The lowest BCUT2D eigenvalue weighted by molar-refractivity contribution is -0.402. The van der Waals surface area contributed by atoms with E-state index in [0.29, 0.717) is 25.7 Å². The van der Waals surface area contributed by atoms with Gasteiger partial charge in [0.05, 0.1) is 62.4 Å². The van der Waals surface area contributed by atoms with E-state index in [4.69, 9.17) is 56.8 Å². The fraction of sp³-hybridized carbons (Fsp3) is 1.00. The van der Waals surface area contributed by atoms with Crippen LogP contribution in [-0.4, -0.2) is 293 Å². The molecule has 2 bridgehead atoms. The van der Waals surface area contributed by atoms with Crippen LogP contribution in [0.3, 0.4) is 0 Å². The summed E-state index contributed by atoms with van der Waals surface area (Å²) < 4.78 is 74.6. The molecule has 5 aliphatic carbocycles. The van der Waals surface area contributed by atoms with Crippen LogP contribution in [0.25, 0.3) is 0 Å². The smallest absolute Gasteiger partial charge is 0.187 e. The monoisotopic (exact) mass is 1250 g/mol. The highest BCUT2D eigenvalue weighted by Gasteiger charge is 2.84. The van der Waals surface area contributed by atoms with Crippen LogP contribution in [0, 0.1) is 50.2 Å². The van der Waals surface area contributed by atoms with Crippen molar-refractivity contribution in [2.75, 3.05) is 40.1 Å². The topological polar surface area (TPSA) is 434 Å². The molecule has 28 nitrogen and oxygen atoms in total. The zero-order chi connectivity index (χ0) is 63.2. The summed E-state index contributed by atoms with van der Waals surface area (Å²) in [5.41, 5.74) is -3.56. The SMILES string of the molecule is CO[C@H]1O[C@]23CC[C@@H]4[C@@]5(C)CC[C@H](O[C@@H]6OC[C@H](O[C@@H]7O[C@H](CO)[C@@H](O[C@@H]8O[C@H](CO)[C@@H](O)[C@H](O)[C@H]8O)[C@H](O)[C@H]7O[C@@H]7OC[C@@H](O)[C@H](O)[C@H]7O)[C@H](O)[C@H]6O[C@@H]6O[C@H](CO)[C@@H](O)[C@H](O)[C@H]6O)C(C)(C)[C@@H]5CC[C@@]4(C)[C@]2(C)C[C@@H](O)[C@@]12[C@H]3CC(C)(C)C[C@@H]2O. The van der Waals surface area contributed by atoms with Crippen molar-refractivity contribution in [1.82, 2.24) is 0 Å². The highest BCUT2D eigenvalue weighted by Crippen LogP contribution is 2.81. The normalized spacial score (nSPS) is 57.2. The first-order valence-electron chi connectivity index (χ1n) is 31.2. The van der Waals surface area contributed by atoms with Crippen LogP contribution in [-0.2, 0) is 56.8 Å². The van der Waals surface area contributed by atoms with Crippen LogP contribution in [0.4, 0.5) is 0 Å². The Morgan fingerprint density at radius 3 is 1.60 bits per heavy atom. The predicted molar refractivity (Wildman–Crippen MR) is 290 cm³/mol. The van der Waals surface area contributed by atoms with Crippen LogP contribution in [0.15, 0.2) is 0 Å². The molecule has 1 spiro atoms. The minimum atomic E-state index is -2.05. The van der Waals surface area contributed by atoms with Gasteiger partial charge in [-0.15, -0.1) is 0 Å². The average molecular weight is 1260 g/mol. The van der Waals surface area contributed by atoms with Gasteiger partial charge in [0.1, 0.15) is 110 Å². The van der Waals surface area contributed by atoms with E-state index in [0.717, 1.165) is 32.1 Å². The quantitative estimate of drug-likeness (QED) is 0.0732. The van der Waals surface area contributed by atoms with Gasteiger partial charge in [-0.2, -0.15) is 0 Å². The second-order valence-electron chi connectivity index (χ2n) is 29.4. The summed E-state index contributed by atoms with van der Waals surface area (Å²) in [6.45, 7) is 12.0. The van der Waals surface area contributed by atoms with Gasteiger partial charge in [0.25, 0.3) is 0 Å². The van der Waals surface area contributed by atoms with Gasteiger partial charge in [-0.25, -0.2) is 0 Å². The van der Waals surface area contributed by atoms with Crippen LogP contribution < -0.4 is 0 Å². The lowest BCUT2D eigenvalue weighted by Crippen LogP contribution is -2.75. The molecule has 6 aliphatic heterocycles. The standard InChI is InChI=1S/C59H98O28/c1-53(2)15-30-58-14-10-29-55(5)12-11-33(54(3,4)28(55)9-13-56(29,6)57(58,7)17-32(65)59(30,31(64)16-53)52(76-8)87-58)83-50-45(86-49-42(74)39(71)36(68)25(19-61)80-49)37(69)27(22-78-50)82-51-46(85-47-40(72)34(66)23(63)21-77-47)43(75)44(26(20-62)81-51)84-48-41(73)38(70)35(67)24(18-60)79-48/h23-52,60-75H,9-22H2,1-8H3/t23-,24-,25-,26-,27+,28+,29-,30+,31+,32-,33+,34+,35-,36-,37+,38+,39+,40-,41-,42-,43+,44-,45-,46-,47+,48+,49+,50+,51+,52+,55+,56-,57+,58+,59+/m1/s1. The first-order valence-corrected chi connectivity index (χ1v) is 31.2. The third-order valence-electron chi connectivity index (χ3n) is 24.2. The van der Waals surface area contributed by atoms with Crippen molar-refractivity contribution in [1.29, 1.82) is 0 Å². The molecular weight excluding hydrogens is 1160 g/mol. The van der Waals surface area contributed by atoms with Gasteiger partial charge in [0.2, 0.25) is 0 Å². The zero-order valence-electron chi connectivity index (χ0n) is 50.8. The van der Waals surface area contributed by atoms with Gasteiger partial charge in [0.15, 0.2) is 37.7 Å². The lowest BCUT2D eigenvalue weighted by Gasteiger charge is -2.75. The lowest BCUT2D eigenvalue weighted by atomic mass is 9.30. The number of hydrogen-bond acceptors (Lipinski definition) is 28. The van der Waals surface area contributed by atoms with Crippen molar-refractivity contribution < 1.29 is 139 Å². The molecule has 16 N–H and O–H groups in total. The molecule has 11 rings (SSSR count). The molecule has 11 fully saturated rings. The summed E-state index contributed by atoms with van der Waals surface area (Å²) in [4.78, 5) is 0. The molecule has 0 unspecified atom stereocenters. The Morgan fingerprint density at radius 1 is 0.448 bits per heavy atom. The number of rotatable bonds is 14. The third-order valence-corrected chi connectivity index (χ3v) is 24.2. The van der Waals surface area contributed by atoms with Gasteiger partial charge >= 0.3 is 0 Å². The van der Waals surface area contributed by atoms with Crippen LogP contribution in [0.2, 0.25) is 0 Å². The molecule has 6 saturated heterocycles. The molecule has 5 saturated carbocycles. The third kappa shape index (κ3) is 10.4. The average Bonchev–Trinajstić information content (AvgIpc) is 1.57. The molecule has 28 heteroatoms. The highest BCUT2D eigenvalue weighted by molar-refractivity contribution is 5.30. The van der Waals surface area contributed by atoms with E-state index >= 15 is 0 Å². The Kier molecular flexibility index (Phi) is 18.8. The van der Waals surface area contributed by atoms with E-state index in [1.54, 1.807) is 7.11 Å². The molecule has 35 atom stereocenters. The van der Waals surface area contributed by atoms with Gasteiger partial charge in [-0.3, -0.25) is 0 Å². The minimum absolute atomic E-state index is 0.0454. The maximum absolute atomic E-state index is 12.6. The van der Waals surface area contributed by atoms with Crippen molar-refractivity contribution >= 4 is 0 Å².